The van der Waals surface area contributed by atoms with Gasteiger partial charge < -0.3 is 39.0 Å². The van der Waals surface area contributed by atoms with Gasteiger partial charge in [0.1, 0.15) is 17.2 Å². The van der Waals surface area contributed by atoms with Gasteiger partial charge in [0.2, 0.25) is 38.2 Å². The van der Waals surface area contributed by atoms with Crippen LogP contribution < -0.4 is 64.9 Å². The maximum atomic E-state index is 12.8. The van der Waals surface area contributed by atoms with Crippen LogP contribution in [0.3, 0.4) is 0 Å². The Morgan fingerprint density at radius 2 is 0.989 bits per heavy atom. The molecule has 29 heteroatoms. The van der Waals surface area contributed by atoms with Gasteiger partial charge >= 0.3 is 41.9 Å². The average molecular weight is 1360 g/mol. The standard InChI is InChI=1S/C19H20N2O3S.C18H18N2O2S2.C11H6Cl2F3NO2.C11H5Cl2F3O3.Na/c1-3-24-17-8-4-15(5-9-17)19-12-14(2)13-21(19)16-6-10-18(11-7-16)25(20,22)23;1-13-11-18(14-3-9-17(10-4-14)24(19,21)22)20(12-13)15-5-7-16(23-2)8-6-15;2*12-5-1-4-2-6(10(17)18)9(11(14,15)16)19-8(4)7(13)3-5;/h4-13H,3H2,1-2H3,(H2,20,22,23);3-12H,1-2H3,(H2,19,21,22);1-3,9H,(H2,17,18);1-3,9H,(H,17,18);/q;;;;+1/p-1/t;;2*9-;/m..00./s1. The summed E-state index contributed by atoms with van der Waals surface area (Å²) in [5, 5.41) is 21.2. The number of thioether (sulfide) groups is 1. The molecule has 458 valence electrons. The fraction of sp³-hybridized carbons (Fsp3) is 0.153. The molecule has 0 aliphatic carbocycles. The van der Waals surface area contributed by atoms with E-state index in [1.165, 1.54) is 53.4 Å². The molecule has 6 N–H and O–H groups in total. The Hall–Kier alpha value is -6.39. The van der Waals surface area contributed by atoms with Crippen molar-refractivity contribution < 1.29 is 102 Å². The number of aliphatic carboxylic acids is 1. The number of halogens is 10. The van der Waals surface area contributed by atoms with Crippen LogP contribution in [0.15, 0.2) is 172 Å². The molecule has 0 saturated heterocycles. The van der Waals surface area contributed by atoms with Gasteiger partial charge in [0, 0.05) is 55.4 Å². The maximum absolute atomic E-state index is 12.8. The van der Waals surface area contributed by atoms with Crippen molar-refractivity contribution in [3.05, 3.63) is 199 Å². The maximum Gasteiger partial charge on any atom is 1.00 e. The number of carbonyl (C=O) groups is 2. The van der Waals surface area contributed by atoms with Gasteiger partial charge in [-0.1, -0.05) is 58.5 Å². The van der Waals surface area contributed by atoms with Gasteiger partial charge in [-0.3, -0.25) is 4.79 Å². The number of aryl methyl sites for hydroxylation is 2. The van der Waals surface area contributed by atoms with Gasteiger partial charge in [-0.15, -0.1) is 11.8 Å². The first-order chi connectivity index (χ1) is 40.7. The van der Waals surface area contributed by atoms with Gasteiger partial charge in [-0.2, -0.15) is 26.3 Å². The molecule has 10 rings (SSSR count). The number of ether oxygens (including phenoxy) is 3. The van der Waals surface area contributed by atoms with Crippen molar-refractivity contribution in [2.24, 2.45) is 16.0 Å². The fourth-order valence-corrected chi connectivity index (χ4v) is 11.2. The predicted octanol–water partition coefficient (Wildman–Crippen LogP) is 9.96. The van der Waals surface area contributed by atoms with Crippen molar-refractivity contribution in [3.8, 4) is 51.1 Å². The molecule has 2 aliphatic heterocycles. The number of nitrogens with two attached hydrogens (primary N) is 3. The molecular formula is C59H48Cl4F6N5NaO10S3. The van der Waals surface area contributed by atoms with Gasteiger partial charge in [0.25, 0.3) is 0 Å². The molecule has 0 bridgehead atoms. The molecule has 6 aromatic carbocycles. The molecule has 88 heavy (non-hydrogen) atoms. The molecule has 0 saturated carbocycles. The number of carboxylic acid groups (broad SMARTS) is 1. The summed E-state index contributed by atoms with van der Waals surface area (Å²) in [6.07, 6.45) is -6.82. The van der Waals surface area contributed by atoms with E-state index in [4.69, 9.17) is 71.9 Å². The number of fused-ring (bicyclic) bond motifs is 2. The molecule has 0 unspecified atom stereocenters. The number of sulfonamides is 2. The zero-order chi connectivity index (χ0) is 64.1. The largest absolute Gasteiger partial charge is 1.00 e. The minimum atomic E-state index is -4.90. The van der Waals surface area contributed by atoms with E-state index in [0.29, 0.717) is 6.61 Å². The van der Waals surface area contributed by atoms with E-state index in [9.17, 15) is 57.9 Å². The van der Waals surface area contributed by atoms with Crippen LogP contribution in [0.5, 0.6) is 17.2 Å². The second-order valence-corrected chi connectivity index (χ2v) is 24.5. The van der Waals surface area contributed by atoms with E-state index in [1.807, 2.05) is 62.1 Å². The molecule has 0 radical (unpaired) electrons. The summed E-state index contributed by atoms with van der Waals surface area (Å²) >= 11 is 24.6. The molecule has 1 amide bonds. The van der Waals surface area contributed by atoms with E-state index in [0.717, 1.165) is 62.9 Å². The third kappa shape index (κ3) is 17.7. The van der Waals surface area contributed by atoms with Crippen molar-refractivity contribution in [2.45, 2.75) is 60.0 Å². The second-order valence-electron chi connectivity index (χ2n) is 18.9. The van der Waals surface area contributed by atoms with Crippen molar-refractivity contribution in [1.82, 2.24) is 9.13 Å². The summed E-state index contributed by atoms with van der Waals surface area (Å²) in [5.74, 6) is -2.80. The molecule has 0 fully saturated rings. The summed E-state index contributed by atoms with van der Waals surface area (Å²) in [7, 11) is -7.37. The molecule has 15 nitrogen and oxygen atoms in total. The Bertz CT molecular complexity index is 4070. The Morgan fingerprint density at radius 1 is 0.614 bits per heavy atom. The third-order valence-corrected chi connectivity index (χ3v) is 16.1. The van der Waals surface area contributed by atoms with Crippen LogP contribution >= 0.6 is 58.2 Å². The van der Waals surface area contributed by atoms with Crippen molar-refractivity contribution in [1.29, 1.82) is 0 Å². The van der Waals surface area contributed by atoms with E-state index in [2.05, 4.69) is 51.9 Å². The zero-order valence-electron chi connectivity index (χ0n) is 46.6. The summed E-state index contributed by atoms with van der Waals surface area (Å²) in [4.78, 5) is 23.3. The van der Waals surface area contributed by atoms with Crippen molar-refractivity contribution in [3.63, 3.8) is 0 Å². The molecule has 2 aromatic heterocycles. The van der Waals surface area contributed by atoms with Crippen LogP contribution in [-0.4, -0.2) is 75.3 Å². The normalized spacial score (nSPS) is 14.4. The first kappa shape index (κ1) is 70.7. The minimum absolute atomic E-state index is 0. The smallest absolute Gasteiger partial charge is 0.545 e. The number of aromatic nitrogens is 2. The molecule has 4 heterocycles. The van der Waals surface area contributed by atoms with E-state index >= 15 is 0 Å². The number of carboxylic acids is 1. The Morgan fingerprint density at radius 3 is 1.35 bits per heavy atom. The van der Waals surface area contributed by atoms with Crippen molar-refractivity contribution in [2.75, 3.05) is 12.9 Å². The number of carbonyl (C=O) groups excluding carboxylic acids is 2. The summed E-state index contributed by atoms with van der Waals surface area (Å²) in [5.41, 5.74) is 11.6. The number of primary amides is 1. The number of rotatable bonds is 11. The second kappa shape index (κ2) is 29.1. The molecule has 2 aliphatic rings. The topological polar surface area (TPSA) is 241 Å². The number of nitrogens with zero attached hydrogens (tertiary/aromatic N) is 2. The summed E-state index contributed by atoms with van der Waals surface area (Å²) in [6, 6.07) is 38.6. The molecule has 8 aromatic rings. The number of benzene rings is 6. The Labute approximate surface area is 548 Å². The molecular weight excluding hydrogens is 1310 g/mol. The number of hydrogen-bond acceptors (Lipinski definition) is 11. The van der Waals surface area contributed by atoms with Gasteiger partial charge in [-0.25, -0.2) is 27.1 Å². The summed E-state index contributed by atoms with van der Waals surface area (Å²) in [6.45, 7) is 6.64. The van der Waals surface area contributed by atoms with Crippen LogP contribution in [0.25, 0.3) is 46.0 Å². The van der Waals surface area contributed by atoms with Crippen LogP contribution in [0, 0.1) is 13.8 Å². The van der Waals surface area contributed by atoms with Crippen LogP contribution in [0.2, 0.25) is 20.1 Å². The average Bonchev–Trinajstić information content (AvgIpc) is 2.39. The number of hydrogen-bond donors (Lipinski definition) is 3. The van der Waals surface area contributed by atoms with E-state index in [1.54, 1.807) is 36.0 Å². The van der Waals surface area contributed by atoms with E-state index in [-0.39, 0.29) is 82.1 Å². The molecule has 0 spiro atoms. The quantitative estimate of drug-likeness (QED) is 0.0625. The monoisotopic (exact) mass is 1360 g/mol. The zero-order valence-corrected chi connectivity index (χ0v) is 54.1. The van der Waals surface area contributed by atoms with Gasteiger partial charge in [0.15, 0.2) is 0 Å². The first-order valence-electron chi connectivity index (χ1n) is 25.1. The fourth-order valence-electron chi connectivity index (χ4n) is 8.63. The third-order valence-electron chi connectivity index (χ3n) is 12.5. The number of alkyl halides is 6. The molecule has 2 atom stereocenters. The SMILES string of the molecule is CCOc1ccc(-c2cc(C)cn2-c2ccc(S(N)(=O)=O)cc2)cc1.CSc1ccc(-n2cc(C)cc2-c2ccc(S(N)(=O)=O)cc2)cc1.NC(=O)C1=Cc2cc(Cl)cc(Cl)c2O[C@@H]1C(F)(F)F.O=C([O-])C1=Cc2cc(Cl)cc(Cl)c2O[C@@H]1C(F)(F)F.[Na+]. The van der Waals surface area contributed by atoms with Crippen LogP contribution in [0.4, 0.5) is 26.3 Å². The van der Waals surface area contributed by atoms with Gasteiger partial charge in [-0.05, 0) is 183 Å². The number of primary sulfonamides is 2. The van der Waals surface area contributed by atoms with Crippen molar-refractivity contribution >= 4 is 102 Å². The first-order valence-corrected chi connectivity index (χ1v) is 30.9. The minimum Gasteiger partial charge on any atom is -0.545 e. The van der Waals surface area contributed by atoms with E-state index < -0.39 is 67.6 Å². The Kier molecular flexibility index (Phi) is 23.3. The van der Waals surface area contributed by atoms with Crippen LogP contribution in [-0.2, 0) is 29.6 Å². The number of amides is 1. The van der Waals surface area contributed by atoms with Crippen LogP contribution in [0.1, 0.15) is 29.2 Å². The van der Waals surface area contributed by atoms with Gasteiger partial charge in [0.05, 0.1) is 49.4 Å². The Balaban J connectivity index is 0.000000188. The summed E-state index contributed by atoms with van der Waals surface area (Å²) < 4.78 is 141. The predicted molar refractivity (Wildman–Crippen MR) is 322 cm³/mol.